The summed E-state index contributed by atoms with van der Waals surface area (Å²) < 4.78 is 24.7. The maximum Gasteiger partial charge on any atom is 0.273 e. The molecule has 0 unspecified atom stereocenters. The average molecular weight is 500 g/mol. The van der Waals surface area contributed by atoms with Gasteiger partial charge in [-0.2, -0.15) is 5.10 Å². The molecule has 3 rings (SSSR count). The number of benzene rings is 3. The van der Waals surface area contributed by atoms with E-state index >= 15 is 0 Å². The highest BCUT2D eigenvalue weighted by atomic mass is 79.9. The third-order valence-corrected chi connectivity index (χ3v) is 4.89. The third kappa shape index (κ3) is 5.50. The van der Waals surface area contributed by atoms with Crippen molar-refractivity contribution in [3.63, 3.8) is 0 Å². The first-order valence-electron chi connectivity index (χ1n) is 9.33. The number of hydrogen-bond donors (Lipinski definition) is 2. The maximum absolute atomic E-state index is 13.7. The van der Waals surface area contributed by atoms with Gasteiger partial charge in [0.25, 0.3) is 11.8 Å². The number of hydrogen-bond acceptors (Lipinski definition) is 5. The van der Waals surface area contributed by atoms with Crippen LogP contribution in [0.15, 0.2) is 70.2 Å². The summed E-state index contributed by atoms with van der Waals surface area (Å²) in [7, 11) is 2.97. The second kappa shape index (κ2) is 10.5. The Kier molecular flexibility index (Phi) is 7.56. The molecule has 164 valence electrons. The first-order chi connectivity index (χ1) is 15.4. The number of ether oxygens (including phenoxy) is 2. The monoisotopic (exact) mass is 499 g/mol. The molecule has 0 saturated carbocycles. The number of rotatable bonds is 7. The van der Waals surface area contributed by atoms with Gasteiger partial charge >= 0.3 is 0 Å². The molecule has 32 heavy (non-hydrogen) atoms. The SMILES string of the molecule is COc1ccc(C(=O)Nc2ccc(Br)cc2C(=O)NN=Cc2ccccc2F)cc1OC. The van der Waals surface area contributed by atoms with E-state index in [1.54, 1.807) is 36.4 Å². The Morgan fingerprint density at radius 2 is 1.72 bits per heavy atom. The van der Waals surface area contributed by atoms with Crippen LogP contribution >= 0.6 is 15.9 Å². The van der Waals surface area contributed by atoms with E-state index in [1.165, 1.54) is 44.7 Å². The largest absolute Gasteiger partial charge is 0.493 e. The van der Waals surface area contributed by atoms with Crippen molar-refractivity contribution in [1.82, 2.24) is 5.43 Å². The van der Waals surface area contributed by atoms with Gasteiger partial charge in [-0.25, -0.2) is 9.82 Å². The molecule has 9 heteroatoms. The lowest BCUT2D eigenvalue weighted by atomic mass is 10.1. The minimum atomic E-state index is -0.582. The lowest BCUT2D eigenvalue weighted by Crippen LogP contribution is -2.21. The summed E-state index contributed by atoms with van der Waals surface area (Å²) in [4.78, 5) is 25.4. The predicted octanol–water partition coefficient (Wildman–Crippen LogP) is 4.62. The molecular formula is C23H19BrFN3O4. The molecule has 3 aromatic carbocycles. The minimum Gasteiger partial charge on any atom is -0.493 e. The van der Waals surface area contributed by atoms with Crippen LogP contribution in [0.25, 0.3) is 0 Å². The Labute approximate surface area is 192 Å². The number of anilines is 1. The molecule has 0 spiro atoms. The molecule has 0 fully saturated rings. The molecule has 0 aliphatic carbocycles. The lowest BCUT2D eigenvalue weighted by molar-refractivity contribution is 0.0956. The van der Waals surface area contributed by atoms with Gasteiger partial charge in [-0.3, -0.25) is 9.59 Å². The first-order valence-corrected chi connectivity index (χ1v) is 10.1. The number of carbonyl (C=O) groups is 2. The van der Waals surface area contributed by atoms with E-state index in [1.807, 2.05) is 0 Å². The molecule has 0 radical (unpaired) electrons. The minimum absolute atomic E-state index is 0.166. The molecule has 0 aromatic heterocycles. The Balaban J connectivity index is 1.79. The Bertz CT molecular complexity index is 1180. The number of nitrogens with one attached hydrogen (secondary N) is 2. The maximum atomic E-state index is 13.7. The summed E-state index contributed by atoms with van der Waals surface area (Å²) in [6.07, 6.45) is 1.20. The smallest absolute Gasteiger partial charge is 0.273 e. The number of carbonyl (C=O) groups excluding carboxylic acids is 2. The van der Waals surface area contributed by atoms with Crippen molar-refractivity contribution in [1.29, 1.82) is 0 Å². The summed E-state index contributed by atoms with van der Waals surface area (Å²) in [5.41, 5.74) is 3.32. The number of hydrazone groups is 1. The number of amides is 2. The van der Waals surface area contributed by atoms with Crippen molar-refractivity contribution < 1.29 is 23.5 Å². The fourth-order valence-corrected chi connectivity index (χ4v) is 3.15. The highest BCUT2D eigenvalue weighted by Gasteiger charge is 2.16. The van der Waals surface area contributed by atoms with Crippen LogP contribution in [0.4, 0.5) is 10.1 Å². The van der Waals surface area contributed by atoms with E-state index in [4.69, 9.17) is 9.47 Å². The van der Waals surface area contributed by atoms with Crippen molar-refractivity contribution in [2.75, 3.05) is 19.5 Å². The van der Waals surface area contributed by atoms with Crippen LogP contribution in [0.3, 0.4) is 0 Å². The van der Waals surface area contributed by atoms with Gasteiger partial charge in [0, 0.05) is 15.6 Å². The third-order valence-electron chi connectivity index (χ3n) is 4.40. The standard InChI is InChI=1S/C23H19BrFN3O4/c1-31-20-10-7-14(11-21(20)32-2)22(29)27-19-9-8-16(24)12-17(19)23(30)28-26-13-15-5-3-4-6-18(15)25/h3-13H,1-2H3,(H,27,29)(H,28,30). The van der Waals surface area contributed by atoms with Gasteiger partial charge in [-0.05, 0) is 42.5 Å². The Morgan fingerprint density at radius 3 is 2.44 bits per heavy atom. The van der Waals surface area contributed by atoms with E-state index in [9.17, 15) is 14.0 Å². The molecule has 7 nitrogen and oxygen atoms in total. The van der Waals surface area contributed by atoms with Crippen molar-refractivity contribution in [3.05, 3.63) is 87.6 Å². The van der Waals surface area contributed by atoms with Crippen LogP contribution in [0.1, 0.15) is 26.3 Å². The fraction of sp³-hybridized carbons (Fsp3) is 0.0870. The molecule has 2 N–H and O–H groups in total. The summed E-state index contributed by atoms with van der Waals surface area (Å²) in [6.45, 7) is 0. The lowest BCUT2D eigenvalue weighted by Gasteiger charge is -2.12. The van der Waals surface area contributed by atoms with E-state index in [0.717, 1.165) is 0 Å². The summed E-state index contributed by atoms with van der Waals surface area (Å²) in [6, 6.07) is 15.6. The van der Waals surface area contributed by atoms with Crippen LogP contribution in [0.2, 0.25) is 0 Å². The zero-order valence-electron chi connectivity index (χ0n) is 17.2. The molecule has 0 aliphatic rings. The van der Waals surface area contributed by atoms with Crippen molar-refractivity contribution in [3.8, 4) is 11.5 Å². The highest BCUT2D eigenvalue weighted by Crippen LogP contribution is 2.28. The highest BCUT2D eigenvalue weighted by molar-refractivity contribution is 9.10. The van der Waals surface area contributed by atoms with Crippen LogP contribution < -0.4 is 20.2 Å². The zero-order valence-corrected chi connectivity index (χ0v) is 18.8. The second-order valence-electron chi connectivity index (χ2n) is 6.43. The molecule has 0 heterocycles. The zero-order chi connectivity index (χ0) is 23.1. The summed E-state index contributed by atoms with van der Waals surface area (Å²) in [5, 5.41) is 6.52. The molecule has 0 aliphatic heterocycles. The topological polar surface area (TPSA) is 89.0 Å². The van der Waals surface area contributed by atoms with Crippen LogP contribution in [0, 0.1) is 5.82 Å². The number of methoxy groups -OCH3 is 2. The average Bonchev–Trinajstić information content (AvgIpc) is 2.80. The predicted molar refractivity (Wildman–Crippen MR) is 123 cm³/mol. The van der Waals surface area contributed by atoms with E-state index in [-0.39, 0.29) is 16.8 Å². The summed E-state index contributed by atoms with van der Waals surface area (Å²) >= 11 is 3.31. The van der Waals surface area contributed by atoms with Gasteiger partial charge < -0.3 is 14.8 Å². The van der Waals surface area contributed by atoms with Gasteiger partial charge in [-0.1, -0.05) is 34.1 Å². The van der Waals surface area contributed by atoms with Crippen molar-refractivity contribution in [2.45, 2.75) is 0 Å². The van der Waals surface area contributed by atoms with Crippen LogP contribution in [0.5, 0.6) is 11.5 Å². The Hall–Kier alpha value is -3.72. The second-order valence-corrected chi connectivity index (χ2v) is 7.35. The van der Waals surface area contributed by atoms with Gasteiger partial charge in [0.15, 0.2) is 11.5 Å². The molecule has 2 amide bonds. The van der Waals surface area contributed by atoms with Crippen molar-refractivity contribution in [2.24, 2.45) is 5.10 Å². The molecule has 3 aromatic rings. The van der Waals surface area contributed by atoms with E-state index in [2.05, 4.69) is 31.8 Å². The van der Waals surface area contributed by atoms with Crippen molar-refractivity contribution >= 4 is 39.6 Å². The van der Waals surface area contributed by atoms with Gasteiger partial charge in [-0.15, -0.1) is 0 Å². The number of halogens is 2. The fourth-order valence-electron chi connectivity index (χ4n) is 2.79. The molecular weight excluding hydrogens is 481 g/mol. The normalized spacial score (nSPS) is 10.6. The van der Waals surface area contributed by atoms with Crippen LogP contribution in [-0.4, -0.2) is 32.2 Å². The Morgan fingerprint density at radius 1 is 0.969 bits per heavy atom. The van der Waals surface area contributed by atoms with Gasteiger partial charge in [0.1, 0.15) is 5.82 Å². The molecule has 0 bridgehead atoms. The number of nitrogens with zero attached hydrogens (tertiary/aromatic N) is 1. The van der Waals surface area contributed by atoms with Gasteiger partial charge in [0.2, 0.25) is 0 Å². The van der Waals surface area contributed by atoms with E-state index < -0.39 is 17.6 Å². The van der Waals surface area contributed by atoms with Crippen LogP contribution in [-0.2, 0) is 0 Å². The molecule has 0 saturated heterocycles. The van der Waals surface area contributed by atoms with E-state index in [0.29, 0.717) is 21.5 Å². The first kappa shape index (κ1) is 23.0. The van der Waals surface area contributed by atoms with Gasteiger partial charge in [0.05, 0.1) is 31.7 Å². The molecule has 0 atom stereocenters. The summed E-state index contributed by atoms with van der Waals surface area (Å²) in [5.74, 6) is -0.605. The quantitative estimate of drug-likeness (QED) is 0.366.